The predicted molar refractivity (Wildman–Crippen MR) is 58.6 cm³/mol. The summed E-state index contributed by atoms with van der Waals surface area (Å²) in [6.07, 6.45) is 4.61. The van der Waals surface area contributed by atoms with Crippen LogP contribution in [0.3, 0.4) is 0 Å². The number of hydrogen-bond donors (Lipinski definition) is 2. The van der Waals surface area contributed by atoms with Crippen LogP contribution in [0.5, 0.6) is 0 Å². The highest BCUT2D eigenvalue weighted by Gasteiger charge is 2.59. The number of aliphatic imine (C=N–C) groups is 1. The second-order valence-electron chi connectivity index (χ2n) is 3.79. The fourth-order valence-electron chi connectivity index (χ4n) is 2.24. The molecule has 0 saturated carbocycles. The third-order valence-electron chi connectivity index (χ3n) is 3.30. The number of nitrogens with zero attached hydrogens (tertiary/aromatic N) is 1. The van der Waals surface area contributed by atoms with Gasteiger partial charge in [0.15, 0.2) is 5.54 Å². The molecule has 16 heavy (non-hydrogen) atoms. The SMILES string of the molecule is CCC1(C(=O)O)C=CC=NC1(CC)C(=O)O. The number of carbonyl (C=O) groups is 2. The van der Waals surface area contributed by atoms with Crippen molar-refractivity contribution < 1.29 is 19.8 Å². The molecule has 0 aliphatic carbocycles. The first kappa shape index (κ1) is 12.4. The molecule has 0 aromatic rings. The van der Waals surface area contributed by atoms with E-state index in [1.54, 1.807) is 13.8 Å². The third kappa shape index (κ3) is 1.35. The van der Waals surface area contributed by atoms with Crippen LogP contribution in [0, 0.1) is 5.41 Å². The molecule has 0 amide bonds. The maximum atomic E-state index is 11.4. The van der Waals surface area contributed by atoms with Gasteiger partial charge in [-0.15, -0.1) is 0 Å². The van der Waals surface area contributed by atoms with Gasteiger partial charge in [0.05, 0.1) is 0 Å². The molecule has 0 radical (unpaired) electrons. The van der Waals surface area contributed by atoms with Gasteiger partial charge in [0, 0.05) is 6.21 Å². The van der Waals surface area contributed by atoms with E-state index in [1.807, 2.05) is 0 Å². The molecule has 1 aliphatic heterocycles. The number of rotatable bonds is 4. The van der Waals surface area contributed by atoms with Gasteiger partial charge in [0.2, 0.25) is 0 Å². The lowest BCUT2D eigenvalue weighted by Crippen LogP contribution is -2.56. The van der Waals surface area contributed by atoms with E-state index in [-0.39, 0.29) is 12.8 Å². The minimum absolute atomic E-state index is 0.142. The van der Waals surface area contributed by atoms with Crippen molar-refractivity contribution in [2.24, 2.45) is 10.4 Å². The summed E-state index contributed by atoms with van der Waals surface area (Å²) < 4.78 is 0. The molecule has 1 rings (SSSR count). The maximum absolute atomic E-state index is 11.4. The predicted octanol–water partition coefficient (Wildman–Crippen LogP) is 1.34. The van der Waals surface area contributed by atoms with Crippen molar-refractivity contribution in [3.8, 4) is 0 Å². The summed E-state index contributed by atoms with van der Waals surface area (Å²) in [6, 6.07) is 0. The largest absolute Gasteiger partial charge is 0.481 e. The van der Waals surface area contributed by atoms with E-state index in [2.05, 4.69) is 4.99 Å². The first-order chi connectivity index (χ1) is 7.47. The fraction of sp³-hybridized carbons (Fsp3) is 0.545. The minimum atomic E-state index is -1.59. The van der Waals surface area contributed by atoms with Crippen molar-refractivity contribution in [3.63, 3.8) is 0 Å². The standard InChI is InChI=1S/C11H15NO4/c1-3-10(8(13)14)6-5-7-12-11(10,4-2)9(15)16/h5-7H,3-4H2,1-2H3,(H,13,14)(H,15,16). The molecule has 0 spiro atoms. The molecule has 0 aromatic carbocycles. The van der Waals surface area contributed by atoms with Gasteiger partial charge in [-0.25, -0.2) is 4.79 Å². The topological polar surface area (TPSA) is 87.0 Å². The lowest BCUT2D eigenvalue weighted by molar-refractivity contribution is -0.161. The number of carboxylic acid groups (broad SMARTS) is 2. The maximum Gasteiger partial charge on any atom is 0.333 e. The number of allylic oxidation sites excluding steroid dienone is 1. The zero-order valence-corrected chi connectivity index (χ0v) is 9.30. The van der Waals surface area contributed by atoms with Crippen LogP contribution in [0.25, 0.3) is 0 Å². The molecule has 1 heterocycles. The summed E-state index contributed by atoms with van der Waals surface area (Å²) in [5.41, 5.74) is -3.05. The Morgan fingerprint density at radius 2 is 1.81 bits per heavy atom. The molecule has 2 N–H and O–H groups in total. The van der Waals surface area contributed by atoms with Gasteiger partial charge in [-0.3, -0.25) is 9.79 Å². The Bertz CT molecular complexity index is 338. The van der Waals surface area contributed by atoms with E-state index in [9.17, 15) is 19.8 Å². The summed E-state index contributed by atoms with van der Waals surface area (Å²) in [5, 5.41) is 18.6. The second kappa shape index (κ2) is 4.08. The normalized spacial score (nSPS) is 32.6. The van der Waals surface area contributed by atoms with E-state index in [4.69, 9.17) is 0 Å². The summed E-state index contributed by atoms with van der Waals surface area (Å²) in [6.45, 7) is 3.30. The van der Waals surface area contributed by atoms with Crippen LogP contribution >= 0.6 is 0 Å². The van der Waals surface area contributed by atoms with Crippen LogP contribution in [-0.4, -0.2) is 33.9 Å². The van der Waals surface area contributed by atoms with E-state index < -0.39 is 22.9 Å². The molecule has 2 atom stereocenters. The van der Waals surface area contributed by atoms with Crippen LogP contribution in [0.15, 0.2) is 17.1 Å². The van der Waals surface area contributed by atoms with Gasteiger partial charge >= 0.3 is 11.9 Å². The summed E-state index contributed by atoms with van der Waals surface area (Å²) in [4.78, 5) is 26.7. The molecule has 0 fully saturated rings. The minimum Gasteiger partial charge on any atom is -0.481 e. The van der Waals surface area contributed by atoms with Crippen LogP contribution in [0.1, 0.15) is 26.7 Å². The van der Waals surface area contributed by atoms with E-state index in [0.29, 0.717) is 0 Å². The van der Waals surface area contributed by atoms with E-state index in [1.165, 1.54) is 18.4 Å². The summed E-state index contributed by atoms with van der Waals surface area (Å²) in [5.74, 6) is -2.34. The summed E-state index contributed by atoms with van der Waals surface area (Å²) in [7, 11) is 0. The number of dihydropyridines is 1. The lowest BCUT2D eigenvalue weighted by Gasteiger charge is -2.40. The first-order valence-corrected chi connectivity index (χ1v) is 5.16. The zero-order chi connectivity index (χ0) is 12.4. The second-order valence-corrected chi connectivity index (χ2v) is 3.79. The highest BCUT2D eigenvalue weighted by Crippen LogP contribution is 2.44. The monoisotopic (exact) mass is 225 g/mol. The Kier molecular flexibility index (Phi) is 3.16. The van der Waals surface area contributed by atoms with E-state index >= 15 is 0 Å². The average Bonchev–Trinajstić information content (AvgIpc) is 2.27. The summed E-state index contributed by atoms with van der Waals surface area (Å²) >= 11 is 0. The smallest absolute Gasteiger partial charge is 0.333 e. The molecular weight excluding hydrogens is 210 g/mol. The van der Waals surface area contributed by atoms with Gasteiger partial charge in [0.25, 0.3) is 0 Å². The molecule has 0 bridgehead atoms. The number of hydrogen-bond acceptors (Lipinski definition) is 3. The molecular formula is C11H15NO4. The van der Waals surface area contributed by atoms with Gasteiger partial charge in [-0.05, 0) is 18.9 Å². The Hall–Kier alpha value is -1.65. The van der Waals surface area contributed by atoms with Crippen molar-refractivity contribution in [3.05, 3.63) is 12.2 Å². The average molecular weight is 225 g/mol. The highest BCUT2D eigenvalue weighted by molar-refractivity contribution is 5.95. The quantitative estimate of drug-likeness (QED) is 0.755. The van der Waals surface area contributed by atoms with Crippen molar-refractivity contribution >= 4 is 18.2 Å². The van der Waals surface area contributed by atoms with Crippen molar-refractivity contribution in [2.45, 2.75) is 32.2 Å². The van der Waals surface area contributed by atoms with Crippen LogP contribution in [0.4, 0.5) is 0 Å². The molecule has 5 nitrogen and oxygen atoms in total. The Morgan fingerprint density at radius 1 is 1.19 bits per heavy atom. The van der Waals surface area contributed by atoms with Crippen molar-refractivity contribution in [1.82, 2.24) is 0 Å². The van der Waals surface area contributed by atoms with Crippen molar-refractivity contribution in [2.75, 3.05) is 0 Å². The van der Waals surface area contributed by atoms with E-state index in [0.717, 1.165) is 0 Å². The molecule has 1 aliphatic rings. The lowest BCUT2D eigenvalue weighted by atomic mass is 9.65. The molecule has 5 heteroatoms. The molecule has 2 unspecified atom stereocenters. The molecule has 88 valence electrons. The first-order valence-electron chi connectivity index (χ1n) is 5.16. The van der Waals surface area contributed by atoms with Gasteiger partial charge in [-0.2, -0.15) is 0 Å². The van der Waals surface area contributed by atoms with Gasteiger partial charge < -0.3 is 10.2 Å². The fourth-order valence-corrected chi connectivity index (χ4v) is 2.24. The zero-order valence-electron chi connectivity index (χ0n) is 9.30. The number of carboxylic acids is 2. The third-order valence-corrected chi connectivity index (χ3v) is 3.30. The molecule has 0 saturated heterocycles. The Morgan fingerprint density at radius 3 is 2.12 bits per heavy atom. The molecule has 0 aromatic heterocycles. The van der Waals surface area contributed by atoms with Crippen molar-refractivity contribution in [1.29, 1.82) is 0 Å². The van der Waals surface area contributed by atoms with Gasteiger partial charge in [0.1, 0.15) is 5.41 Å². The van der Waals surface area contributed by atoms with Crippen LogP contribution in [0.2, 0.25) is 0 Å². The van der Waals surface area contributed by atoms with Gasteiger partial charge in [-0.1, -0.05) is 19.9 Å². The van der Waals surface area contributed by atoms with Crippen LogP contribution < -0.4 is 0 Å². The highest BCUT2D eigenvalue weighted by atomic mass is 16.4. The van der Waals surface area contributed by atoms with Crippen LogP contribution in [-0.2, 0) is 9.59 Å². The number of aliphatic carboxylic acids is 2. The Balaban J connectivity index is 3.44. The Labute approximate surface area is 93.5 Å².